The molecule has 1 fully saturated rings. The Hall–Kier alpha value is -4.15. The molecule has 2 heterocycles. The number of rotatable bonds is 9. The van der Waals surface area contributed by atoms with E-state index in [1.54, 1.807) is 48.3 Å². The summed E-state index contributed by atoms with van der Waals surface area (Å²) in [6.07, 6.45) is 2.15. The van der Waals surface area contributed by atoms with Crippen LogP contribution in [0.25, 0.3) is 10.4 Å². The van der Waals surface area contributed by atoms with Crippen molar-refractivity contribution >= 4 is 42.2 Å². The topological polar surface area (TPSA) is 122 Å². The summed E-state index contributed by atoms with van der Waals surface area (Å²) in [6.45, 7) is 7.13. The molecule has 43 heavy (non-hydrogen) atoms. The number of aromatic nitrogens is 2. The Bertz CT molecular complexity index is 1620. The fourth-order valence-electron chi connectivity index (χ4n) is 5.69. The van der Waals surface area contributed by atoms with E-state index < -0.39 is 25.4 Å². The smallest absolute Gasteiger partial charge is 0.350 e. The van der Waals surface area contributed by atoms with Crippen molar-refractivity contribution < 1.29 is 9.22 Å². The molecule has 0 radical (unpaired) electrons. The second kappa shape index (κ2) is 13.0. The molecule has 1 aliphatic heterocycles. The fourth-order valence-corrected chi connectivity index (χ4v) is 11.9. The standard InChI is InChI=1S/C32H34N6O3SSi/c1-32(2,3)43(25-15-9-5-10-16-25,26-17-11-6-12-18-26)41-22-24-21-27(36-37-33)30(42-24)38-20-19-28(35-31(38)40)34-29(39)23-13-7-4-8-14-23/h4-20,24,27,30H,21-22H2,1-3H3,(H,34,35,39,40)/t24-,27-,30+/m0/s1. The van der Waals surface area contributed by atoms with Crippen LogP contribution in [0.2, 0.25) is 5.04 Å². The highest BCUT2D eigenvalue weighted by Gasteiger charge is 2.51. The van der Waals surface area contributed by atoms with E-state index in [2.05, 4.69) is 89.6 Å². The summed E-state index contributed by atoms with van der Waals surface area (Å²) in [6, 6.07) is 30.7. The van der Waals surface area contributed by atoms with E-state index in [1.807, 2.05) is 18.2 Å². The van der Waals surface area contributed by atoms with Crippen LogP contribution in [-0.2, 0) is 4.43 Å². The van der Waals surface area contributed by atoms with E-state index in [9.17, 15) is 15.1 Å². The maximum atomic E-state index is 13.1. The molecule has 3 aromatic carbocycles. The Labute approximate surface area is 256 Å². The van der Waals surface area contributed by atoms with Crippen LogP contribution < -0.4 is 21.4 Å². The maximum absolute atomic E-state index is 13.1. The quantitative estimate of drug-likeness (QED) is 0.112. The Morgan fingerprint density at radius 1 is 1.02 bits per heavy atom. The lowest BCUT2D eigenvalue weighted by Crippen LogP contribution is -2.67. The Morgan fingerprint density at radius 2 is 1.60 bits per heavy atom. The van der Waals surface area contributed by atoms with Gasteiger partial charge in [0.25, 0.3) is 14.2 Å². The molecule has 9 nitrogen and oxygen atoms in total. The predicted octanol–water partition coefficient (Wildman–Crippen LogP) is 5.76. The summed E-state index contributed by atoms with van der Waals surface area (Å²) in [5.41, 5.74) is 9.27. The molecule has 4 aromatic rings. The summed E-state index contributed by atoms with van der Waals surface area (Å²) >= 11 is 1.55. The zero-order chi connectivity index (χ0) is 30.5. The normalized spacial score (nSPS) is 18.5. The van der Waals surface area contributed by atoms with Gasteiger partial charge in [-0.25, -0.2) is 4.79 Å². The summed E-state index contributed by atoms with van der Waals surface area (Å²) in [5, 5.41) is 8.45. The van der Waals surface area contributed by atoms with Crippen LogP contribution in [0.15, 0.2) is 113 Å². The molecular weight excluding hydrogens is 577 g/mol. The largest absolute Gasteiger partial charge is 0.406 e. The number of thioether (sulfide) groups is 1. The van der Waals surface area contributed by atoms with Gasteiger partial charge in [0.2, 0.25) is 0 Å². The lowest BCUT2D eigenvalue weighted by molar-refractivity contribution is 0.102. The molecule has 5 rings (SSSR count). The van der Waals surface area contributed by atoms with Crippen LogP contribution in [0.3, 0.4) is 0 Å². The minimum Gasteiger partial charge on any atom is -0.406 e. The van der Waals surface area contributed by atoms with Crippen LogP contribution in [-0.4, -0.2) is 41.7 Å². The van der Waals surface area contributed by atoms with E-state index in [0.717, 1.165) is 0 Å². The van der Waals surface area contributed by atoms with Gasteiger partial charge < -0.3 is 9.74 Å². The molecule has 1 aliphatic rings. The molecule has 0 saturated carbocycles. The number of amides is 1. The third-order valence-corrected chi connectivity index (χ3v) is 14.2. The van der Waals surface area contributed by atoms with Gasteiger partial charge in [-0.15, -0.1) is 11.8 Å². The highest BCUT2D eigenvalue weighted by molar-refractivity contribution is 8.00. The zero-order valence-electron chi connectivity index (χ0n) is 24.3. The first-order valence-corrected chi connectivity index (χ1v) is 17.0. The number of nitrogens with one attached hydrogen (secondary N) is 1. The molecular formula is C32H34N6O3SSi. The van der Waals surface area contributed by atoms with Gasteiger partial charge in [-0.1, -0.05) is 105 Å². The van der Waals surface area contributed by atoms with E-state index in [4.69, 9.17) is 4.43 Å². The second-order valence-corrected chi connectivity index (χ2v) is 17.2. The van der Waals surface area contributed by atoms with E-state index >= 15 is 0 Å². The van der Waals surface area contributed by atoms with Gasteiger partial charge >= 0.3 is 5.69 Å². The monoisotopic (exact) mass is 610 g/mol. The van der Waals surface area contributed by atoms with E-state index in [-0.39, 0.29) is 22.0 Å². The average Bonchev–Trinajstić information content (AvgIpc) is 3.41. The third-order valence-electron chi connectivity index (χ3n) is 7.65. The van der Waals surface area contributed by atoms with Gasteiger partial charge in [0.05, 0.1) is 11.4 Å². The van der Waals surface area contributed by atoms with E-state index in [0.29, 0.717) is 18.6 Å². The number of azide groups is 1. The Balaban J connectivity index is 1.39. The highest BCUT2D eigenvalue weighted by atomic mass is 32.2. The molecule has 1 saturated heterocycles. The van der Waals surface area contributed by atoms with E-state index in [1.165, 1.54) is 14.9 Å². The predicted molar refractivity (Wildman–Crippen MR) is 174 cm³/mol. The number of carbonyl (C=O) groups excluding carboxylic acids is 1. The van der Waals surface area contributed by atoms with Gasteiger partial charge in [-0.3, -0.25) is 9.36 Å². The van der Waals surface area contributed by atoms with Crippen LogP contribution in [0.4, 0.5) is 5.82 Å². The van der Waals surface area contributed by atoms with Crippen molar-refractivity contribution in [3.63, 3.8) is 0 Å². The first kappa shape index (κ1) is 30.3. The molecule has 11 heteroatoms. The average molecular weight is 611 g/mol. The second-order valence-electron chi connectivity index (χ2n) is 11.5. The van der Waals surface area contributed by atoms with Crippen LogP contribution >= 0.6 is 11.8 Å². The number of hydrogen-bond acceptors (Lipinski definition) is 6. The number of benzene rings is 3. The van der Waals surface area contributed by atoms with Crippen molar-refractivity contribution in [2.45, 2.75) is 48.9 Å². The first-order valence-electron chi connectivity index (χ1n) is 14.1. The Morgan fingerprint density at radius 3 is 2.14 bits per heavy atom. The van der Waals surface area contributed by atoms with Gasteiger partial charge in [0, 0.05) is 28.5 Å². The highest BCUT2D eigenvalue weighted by Crippen LogP contribution is 2.44. The van der Waals surface area contributed by atoms with Crippen molar-refractivity contribution in [2.75, 3.05) is 11.9 Å². The molecule has 220 valence electrons. The minimum atomic E-state index is -2.76. The van der Waals surface area contributed by atoms with Crippen molar-refractivity contribution in [3.8, 4) is 0 Å². The van der Waals surface area contributed by atoms with Gasteiger partial charge in [-0.2, -0.15) is 4.98 Å². The maximum Gasteiger partial charge on any atom is 0.350 e. The van der Waals surface area contributed by atoms with Crippen molar-refractivity contribution in [3.05, 3.63) is 130 Å². The lowest BCUT2D eigenvalue weighted by Gasteiger charge is -2.43. The number of carbonyl (C=O) groups is 1. The molecule has 1 N–H and O–H groups in total. The van der Waals surface area contributed by atoms with Gasteiger partial charge in [-0.05, 0) is 45.6 Å². The van der Waals surface area contributed by atoms with Crippen LogP contribution in [0, 0.1) is 0 Å². The zero-order valence-corrected chi connectivity index (χ0v) is 26.1. The SMILES string of the molecule is CC(C)(C)[Si](OC[C@@H]1C[C@H](N=[N+]=[N-])[C@H](n2ccc(NC(=O)c3ccccc3)nc2=O)S1)(c1ccccc1)c1ccccc1. The number of anilines is 1. The first-order chi connectivity index (χ1) is 20.7. The summed E-state index contributed by atoms with van der Waals surface area (Å²) in [5.74, 6) is -0.196. The summed E-state index contributed by atoms with van der Waals surface area (Å²) < 4.78 is 8.61. The third kappa shape index (κ3) is 6.45. The van der Waals surface area contributed by atoms with Gasteiger partial charge in [0.1, 0.15) is 5.82 Å². The molecule has 1 amide bonds. The van der Waals surface area contributed by atoms with Crippen molar-refractivity contribution in [1.29, 1.82) is 0 Å². The lowest BCUT2D eigenvalue weighted by atomic mass is 10.2. The Kier molecular flexibility index (Phi) is 9.17. The molecule has 0 bridgehead atoms. The molecule has 1 aromatic heterocycles. The minimum absolute atomic E-state index is 0.0218. The van der Waals surface area contributed by atoms with Crippen molar-refractivity contribution in [1.82, 2.24) is 9.55 Å². The van der Waals surface area contributed by atoms with Crippen molar-refractivity contribution in [2.24, 2.45) is 5.11 Å². The molecule has 0 unspecified atom stereocenters. The van der Waals surface area contributed by atoms with Crippen LogP contribution in [0.1, 0.15) is 42.9 Å². The molecule has 3 atom stereocenters. The molecule has 0 aliphatic carbocycles. The summed E-state index contributed by atoms with van der Waals surface area (Å²) in [7, 11) is -2.76. The summed E-state index contributed by atoms with van der Waals surface area (Å²) in [4.78, 5) is 32.9. The molecule has 0 spiro atoms. The number of nitrogens with zero attached hydrogens (tertiary/aromatic N) is 5. The fraction of sp³-hybridized carbons (Fsp3) is 0.281. The van der Waals surface area contributed by atoms with Gasteiger partial charge in [0.15, 0.2) is 0 Å². The van der Waals surface area contributed by atoms with Crippen LogP contribution in [0.5, 0.6) is 0 Å². The number of hydrogen-bond donors (Lipinski definition) is 1.